The molecule has 0 aromatic heterocycles. The Morgan fingerprint density at radius 2 is 0.919 bits per heavy atom. The molecule has 8 rings (SSSR count). The monoisotopic (exact) mass is 904 g/mol. The fourth-order valence-corrected chi connectivity index (χ4v) is 9.80. The summed E-state index contributed by atoms with van der Waals surface area (Å²) in [5.41, 5.74) is 10.2. The second kappa shape index (κ2) is 22.4. The van der Waals surface area contributed by atoms with E-state index in [1.807, 2.05) is 42.1 Å². The number of hydrogen-bond acceptors (Lipinski definition) is 6. The van der Waals surface area contributed by atoms with Gasteiger partial charge >= 0.3 is 0 Å². The summed E-state index contributed by atoms with van der Waals surface area (Å²) < 4.78 is 36.1. The molecule has 1 heterocycles. The predicted molar refractivity (Wildman–Crippen MR) is 254 cm³/mol. The first kappa shape index (κ1) is 43.7. The summed E-state index contributed by atoms with van der Waals surface area (Å²) in [5.74, 6) is 0.839. The van der Waals surface area contributed by atoms with Crippen LogP contribution in [0.4, 0.5) is 0 Å². The minimum Gasteiger partial charge on any atom is -0.489 e. The molecule has 0 radical (unpaired) electrons. The van der Waals surface area contributed by atoms with Gasteiger partial charge in [0.15, 0.2) is 0 Å². The summed E-state index contributed by atoms with van der Waals surface area (Å²) in [6.45, 7) is 4.80. The molecule has 0 N–H and O–H groups in total. The quantitative estimate of drug-likeness (QED) is 0.0806. The van der Waals surface area contributed by atoms with Gasteiger partial charge in [-0.1, -0.05) is 186 Å². The standard InChI is InChI=1S/C55H53BrO5S/c1-40-31-50(58-35-43-19-9-3-10-20-43)49(33-47(40)32-41-27-29-48(56)30-28-41)55-54(61-38-46-25-15-6-16-26-46)53(60-37-45-23-13-5-14-24-45)52(59-36-44-21-11-4-12-22-44)51(62-55)39-57-34-42-17-7-2-8-18-42/h2-31,33,51-55H,32,34-39H2,1H3/t51-,52-,53+,54-,55+/m1/s1. The Morgan fingerprint density at radius 3 is 1.44 bits per heavy atom. The molecular formula is C55H53BrO5S. The molecule has 62 heavy (non-hydrogen) atoms. The van der Waals surface area contributed by atoms with E-state index < -0.39 is 12.2 Å². The van der Waals surface area contributed by atoms with Gasteiger partial charge in [0.25, 0.3) is 0 Å². The molecule has 0 spiro atoms. The van der Waals surface area contributed by atoms with E-state index in [-0.39, 0.29) is 16.6 Å². The van der Waals surface area contributed by atoms with E-state index in [1.54, 1.807) is 0 Å². The first-order chi connectivity index (χ1) is 30.6. The number of ether oxygens (including phenoxy) is 5. The normalized spacial score (nSPS) is 18.6. The lowest BCUT2D eigenvalue weighted by Crippen LogP contribution is -2.54. The summed E-state index contributed by atoms with van der Waals surface area (Å²) in [7, 11) is 0. The van der Waals surface area contributed by atoms with Gasteiger partial charge in [-0.05, 0) is 76.1 Å². The lowest BCUT2D eigenvalue weighted by molar-refractivity contribution is -0.160. The molecule has 1 saturated heterocycles. The molecule has 0 aliphatic carbocycles. The summed E-state index contributed by atoms with van der Waals surface area (Å²) in [5, 5.41) is -0.334. The third-order valence-corrected chi connectivity index (χ3v) is 13.3. The molecule has 0 unspecified atom stereocenters. The summed E-state index contributed by atoms with van der Waals surface area (Å²) in [6, 6.07) is 65.0. The summed E-state index contributed by atoms with van der Waals surface area (Å²) >= 11 is 5.48. The minimum atomic E-state index is -0.475. The van der Waals surface area contributed by atoms with Gasteiger partial charge in [0.2, 0.25) is 0 Å². The van der Waals surface area contributed by atoms with Crippen LogP contribution in [0.2, 0.25) is 0 Å². The predicted octanol–water partition coefficient (Wildman–Crippen LogP) is 13.1. The molecule has 5 atom stereocenters. The average molecular weight is 906 g/mol. The zero-order valence-corrected chi connectivity index (χ0v) is 37.5. The molecule has 0 saturated carbocycles. The number of hydrogen-bond donors (Lipinski definition) is 0. The van der Waals surface area contributed by atoms with Crippen molar-refractivity contribution in [3.05, 3.63) is 243 Å². The van der Waals surface area contributed by atoms with Gasteiger partial charge < -0.3 is 23.7 Å². The Bertz CT molecular complexity index is 2380. The Morgan fingerprint density at radius 1 is 0.468 bits per heavy atom. The first-order valence-electron chi connectivity index (χ1n) is 21.3. The smallest absolute Gasteiger partial charge is 0.124 e. The summed E-state index contributed by atoms with van der Waals surface area (Å²) in [6.07, 6.45) is -0.508. The first-order valence-corrected chi connectivity index (χ1v) is 23.1. The van der Waals surface area contributed by atoms with Crippen molar-refractivity contribution in [1.29, 1.82) is 0 Å². The minimum absolute atomic E-state index is 0.122. The maximum Gasteiger partial charge on any atom is 0.124 e. The van der Waals surface area contributed by atoms with Crippen molar-refractivity contribution in [3.8, 4) is 5.75 Å². The Hall–Kier alpha value is -4.99. The number of halogens is 1. The van der Waals surface area contributed by atoms with Crippen molar-refractivity contribution >= 4 is 27.7 Å². The Kier molecular flexibility index (Phi) is 15.8. The Labute approximate surface area is 379 Å². The van der Waals surface area contributed by atoms with E-state index in [2.05, 4.69) is 181 Å². The van der Waals surface area contributed by atoms with Gasteiger partial charge in [0.1, 0.15) is 30.7 Å². The third kappa shape index (κ3) is 12.1. The van der Waals surface area contributed by atoms with Gasteiger partial charge in [0, 0.05) is 10.0 Å². The van der Waals surface area contributed by atoms with E-state index >= 15 is 0 Å². The van der Waals surface area contributed by atoms with Crippen LogP contribution in [-0.2, 0) is 58.4 Å². The van der Waals surface area contributed by atoms with Crippen molar-refractivity contribution in [2.45, 2.75) is 75.2 Å². The highest BCUT2D eigenvalue weighted by Gasteiger charge is 2.49. The van der Waals surface area contributed by atoms with Crippen LogP contribution < -0.4 is 4.74 Å². The van der Waals surface area contributed by atoms with Crippen LogP contribution in [0.3, 0.4) is 0 Å². The van der Waals surface area contributed by atoms with Crippen molar-refractivity contribution < 1.29 is 23.7 Å². The molecule has 5 nitrogen and oxygen atoms in total. The second-order valence-electron chi connectivity index (χ2n) is 15.8. The van der Waals surface area contributed by atoms with Crippen LogP contribution in [0, 0.1) is 6.92 Å². The van der Waals surface area contributed by atoms with Crippen LogP contribution in [-0.4, -0.2) is 30.2 Å². The van der Waals surface area contributed by atoms with Gasteiger partial charge in [-0.25, -0.2) is 0 Å². The summed E-state index contributed by atoms with van der Waals surface area (Å²) in [4.78, 5) is 0. The van der Waals surface area contributed by atoms with Gasteiger partial charge in [-0.2, -0.15) is 0 Å². The molecule has 316 valence electrons. The highest BCUT2D eigenvalue weighted by atomic mass is 79.9. The van der Waals surface area contributed by atoms with E-state index in [0.717, 1.165) is 50.0 Å². The highest BCUT2D eigenvalue weighted by Crippen LogP contribution is 2.50. The maximum absolute atomic E-state index is 7.23. The third-order valence-electron chi connectivity index (χ3n) is 11.2. The number of rotatable bonds is 19. The zero-order chi connectivity index (χ0) is 42.4. The lowest BCUT2D eigenvalue weighted by Gasteiger charge is -2.46. The van der Waals surface area contributed by atoms with Crippen LogP contribution >= 0.6 is 27.7 Å². The fourth-order valence-electron chi connectivity index (χ4n) is 7.88. The van der Waals surface area contributed by atoms with Crippen LogP contribution in [0.15, 0.2) is 193 Å². The Balaban J connectivity index is 1.23. The van der Waals surface area contributed by atoms with Crippen LogP contribution in [0.5, 0.6) is 5.75 Å². The van der Waals surface area contributed by atoms with Crippen molar-refractivity contribution in [2.75, 3.05) is 6.61 Å². The average Bonchev–Trinajstić information content (AvgIpc) is 3.32. The van der Waals surface area contributed by atoms with Crippen molar-refractivity contribution in [1.82, 2.24) is 0 Å². The largest absolute Gasteiger partial charge is 0.489 e. The molecule has 7 heteroatoms. The topological polar surface area (TPSA) is 46.2 Å². The molecule has 7 aromatic rings. The van der Waals surface area contributed by atoms with Gasteiger partial charge in [-0.3, -0.25) is 0 Å². The van der Waals surface area contributed by atoms with Crippen LogP contribution in [0.25, 0.3) is 0 Å². The second-order valence-corrected chi connectivity index (χ2v) is 18.1. The van der Waals surface area contributed by atoms with E-state index in [9.17, 15) is 0 Å². The zero-order valence-electron chi connectivity index (χ0n) is 35.1. The highest BCUT2D eigenvalue weighted by molar-refractivity contribution is 9.10. The molecular weight excluding hydrogens is 853 g/mol. The lowest BCUT2D eigenvalue weighted by atomic mass is 9.91. The fraction of sp³-hybridized carbons (Fsp3) is 0.236. The molecule has 0 bridgehead atoms. The number of thioether (sulfide) groups is 1. The van der Waals surface area contributed by atoms with Crippen molar-refractivity contribution in [2.24, 2.45) is 0 Å². The van der Waals surface area contributed by atoms with E-state index in [1.165, 1.54) is 16.7 Å². The van der Waals surface area contributed by atoms with E-state index in [0.29, 0.717) is 39.6 Å². The molecule has 1 fully saturated rings. The SMILES string of the molecule is Cc1cc(OCc2ccccc2)c([C@@H]2S[C@H](COCc3ccccc3)[C@@H](OCc3ccccc3)[C@H](OCc3ccccc3)[C@H]2OCc2ccccc2)cc1Cc1ccc(Br)cc1. The molecule has 1 aliphatic rings. The van der Waals surface area contributed by atoms with Crippen molar-refractivity contribution in [3.63, 3.8) is 0 Å². The molecule has 0 amide bonds. The molecule has 7 aromatic carbocycles. The van der Waals surface area contributed by atoms with Crippen LogP contribution in [0.1, 0.15) is 55.3 Å². The van der Waals surface area contributed by atoms with E-state index in [4.69, 9.17) is 23.7 Å². The van der Waals surface area contributed by atoms with Gasteiger partial charge in [0.05, 0.1) is 43.5 Å². The van der Waals surface area contributed by atoms with Gasteiger partial charge in [-0.15, -0.1) is 11.8 Å². The number of aryl methyl sites for hydroxylation is 1. The number of benzene rings is 7. The maximum atomic E-state index is 7.23. The molecule has 1 aliphatic heterocycles.